The number of pyridine rings is 1. The van der Waals surface area contributed by atoms with E-state index in [2.05, 4.69) is 30.6 Å². The number of nitrogens with zero attached hydrogens (tertiary/aromatic N) is 5. The lowest BCUT2D eigenvalue weighted by atomic mass is 10.3. The molecule has 3 aromatic rings. The molecular formula is C11H13N7. The molecule has 0 fully saturated rings. The summed E-state index contributed by atoms with van der Waals surface area (Å²) in [6.45, 7) is 3.98. The van der Waals surface area contributed by atoms with E-state index in [1.165, 1.54) is 6.33 Å². The average Bonchev–Trinajstić information content (AvgIpc) is 2.97. The van der Waals surface area contributed by atoms with Gasteiger partial charge >= 0.3 is 0 Å². The summed E-state index contributed by atoms with van der Waals surface area (Å²) in [5.74, 6) is 1.33. The Morgan fingerprint density at radius 3 is 3.06 bits per heavy atom. The Hall–Kier alpha value is -2.44. The monoisotopic (exact) mass is 243 g/mol. The Kier molecular flexibility index (Phi) is 2.44. The van der Waals surface area contributed by atoms with E-state index in [0.717, 1.165) is 17.0 Å². The Morgan fingerprint density at radius 1 is 1.44 bits per heavy atom. The van der Waals surface area contributed by atoms with E-state index in [1.807, 2.05) is 32.2 Å². The highest BCUT2D eigenvalue weighted by Gasteiger charge is 2.11. The minimum absolute atomic E-state index is 0.0229. The maximum absolute atomic E-state index is 4.44. The summed E-state index contributed by atoms with van der Waals surface area (Å²) >= 11 is 0. The highest BCUT2D eigenvalue weighted by atomic mass is 15.4. The van der Waals surface area contributed by atoms with Crippen molar-refractivity contribution in [1.29, 1.82) is 0 Å². The molecule has 0 saturated heterocycles. The SMILES string of the molecule is Cc1cccn2nc(NC(C)c3ncn[nH]3)nc12. The second-order valence-corrected chi connectivity index (χ2v) is 4.13. The van der Waals surface area contributed by atoms with E-state index in [1.54, 1.807) is 4.52 Å². The number of aromatic amines is 1. The van der Waals surface area contributed by atoms with Gasteiger partial charge in [0, 0.05) is 6.20 Å². The summed E-state index contributed by atoms with van der Waals surface area (Å²) in [4.78, 5) is 8.53. The Morgan fingerprint density at radius 2 is 2.33 bits per heavy atom. The predicted molar refractivity (Wildman–Crippen MR) is 66.1 cm³/mol. The van der Waals surface area contributed by atoms with Crippen molar-refractivity contribution >= 4 is 11.6 Å². The minimum Gasteiger partial charge on any atom is -0.343 e. The topological polar surface area (TPSA) is 83.8 Å². The van der Waals surface area contributed by atoms with E-state index in [9.17, 15) is 0 Å². The molecule has 1 atom stereocenters. The van der Waals surface area contributed by atoms with Gasteiger partial charge in [-0.1, -0.05) is 6.07 Å². The van der Waals surface area contributed by atoms with Crippen molar-refractivity contribution in [1.82, 2.24) is 29.8 Å². The van der Waals surface area contributed by atoms with Crippen LogP contribution in [-0.2, 0) is 0 Å². The largest absolute Gasteiger partial charge is 0.343 e. The molecule has 0 amide bonds. The lowest BCUT2D eigenvalue weighted by Gasteiger charge is -2.07. The lowest BCUT2D eigenvalue weighted by molar-refractivity contribution is 0.781. The Labute approximate surface area is 103 Å². The van der Waals surface area contributed by atoms with Gasteiger partial charge in [0.05, 0.1) is 6.04 Å². The molecule has 7 heteroatoms. The highest BCUT2D eigenvalue weighted by molar-refractivity contribution is 5.50. The molecule has 3 aromatic heterocycles. The van der Waals surface area contributed by atoms with Crippen LogP contribution in [0.1, 0.15) is 24.4 Å². The fourth-order valence-corrected chi connectivity index (χ4v) is 1.79. The third kappa shape index (κ3) is 1.79. The standard InChI is InChI=1S/C11H13N7/c1-7-4-3-5-18-10(7)15-11(17-18)14-8(2)9-12-6-13-16-9/h3-6,8H,1-2H3,(H,14,17)(H,12,13,16). The molecule has 0 aliphatic rings. The molecule has 0 aromatic carbocycles. The zero-order valence-corrected chi connectivity index (χ0v) is 10.1. The minimum atomic E-state index is -0.0229. The quantitative estimate of drug-likeness (QED) is 0.725. The summed E-state index contributed by atoms with van der Waals surface area (Å²) in [6, 6.07) is 3.93. The van der Waals surface area contributed by atoms with Crippen molar-refractivity contribution in [2.45, 2.75) is 19.9 Å². The summed E-state index contributed by atoms with van der Waals surface area (Å²) in [6.07, 6.45) is 3.36. The molecular weight excluding hydrogens is 230 g/mol. The molecule has 1 unspecified atom stereocenters. The number of aryl methyl sites for hydroxylation is 1. The summed E-state index contributed by atoms with van der Waals surface area (Å²) in [5.41, 5.74) is 1.94. The maximum Gasteiger partial charge on any atom is 0.243 e. The van der Waals surface area contributed by atoms with E-state index < -0.39 is 0 Å². The van der Waals surface area contributed by atoms with Gasteiger partial charge in [-0.2, -0.15) is 10.1 Å². The highest BCUT2D eigenvalue weighted by Crippen LogP contribution is 2.14. The van der Waals surface area contributed by atoms with Gasteiger partial charge in [-0.05, 0) is 25.5 Å². The van der Waals surface area contributed by atoms with Crippen molar-refractivity contribution in [2.24, 2.45) is 0 Å². The molecule has 0 radical (unpaired) electrons. The van der Waals surface area contributed by atoms with E-state index >= 15 is 0 Å². The fourth-order valence-electron chi connectivity index (χ4n) is 1.79. The van der Waals surface area contributed by atoms with E-state index in [0.29, 0.717) is 5.95 Å². The first-order valence-electron chi connectivity index (χ1n) is 5.68. The van der Waals surface area contributed by atoms with Gasteiger partial charge in [0.1, 0.15) is 12.2 Å². The third-order valence-corrected chi connectivity index (χ3v) is 2.75. The van der Waals surface area contributed by atoms with Gasteiger partial charge in [-0.3, -0.25) is 5.10 Å². The molecule has 2 N–H and O–H groups in total. The lowest BCUT2D eigenvalue weighted by Crippen LogP contribution is -2.09. The fraction of sp³-hybridized carbons (Fsp3) is 0.273. The predicted octanol–water partition coefficient (Wildman–Crippen LogP) is 1.33. The van der Waals surface area contributed by atoms with Crippen molar-refractivity contribution in [3.63, 3.8) is 0 Å². The molecule has 3 rings (SSSR count). The van der Waals surface area contributed by atoms with Gasteiger partial charge in [0.15, 0.2) is 5.65 Å². The van der Waals surface area contributed by atoms with Crippen LogP contribution in [0.5, 0.6) is 0 Å². The number of H-pyrrole nitrogens is 1. The Balaban J connectivity index is 1.89. The zero-order chi connectivity index (χ0) is 12.5. The van der Waals surface area contributed by atoms with Gasteiger partial charge in [-0.15, -0.1) is 5.10 Å². The maximum atomic E-state index is 4.44. The number of hydrogen-bond acceptors (Lipinski definition) is 5. The number of nitrogens with one attached hydrogen (secondary N) is 2. The molecule has 0 saturated carbocycles. The number of anilines is 1. The van der Waals surface area contributed by atoms with Crippen molar-refractivity contribution in [3.05, 3.63) is 36.0 Å². The summed E-state index contributed by atoms with van der Waals surface area (Å²) < 4.78 is 1.75. The second kappa shape index (κ2) is 4.10. The summed E-state index contributed by atoms with van der Waals surface area (Å²) in [7, 11) is 0. The van der Waals surface area contributed by atoms with E-state index in [-0.39, 0.29) is 6.04 Å². The van der Waals surface area contributed by atoms with Crippen LogP contribution in [0.25, 0.3) is 5.65 Å². The first-order chi connectivity index (χ1) is 8.74. The third-order valence-electron chi connectivity index (χ3n) is 2.75. The van der Waals surface area contributed by atoms with Crippen LogP contribution in [-0.4, -0.2) is 29.8 Å². The van der Waals surface area contributed by atoms with Crippen LogP contribution >= 0.6 is 0 Å². The molecule has 18 heavy (non-hydrogen) atoms. The van der Waals surface area contributed by atoms with Gasteiger partial charge in [-0.25, -0.2) is 9.50 Å². The molecule has 92 valence electrons. The zero-order valence-electron chi connectivity index (χ0n) is 10.1. The first kappa shape index (κ1) is 10.7. The van der Waals surface area contributed by atoms with Crippen LogP contribution in [0.15, 0.2) is 24.7 Å². The van der Waals surface area contributed by atoms with Gasteiger partial charge in [0.25, 0.3) is 0 Å². The number of aromatic nitrogens is 6. The van der Waals surface area contributed by atoms with Crippen molar-refractivity contribution < 1.29 is 0 Å². The van der Waals surface area contributed by atoms with Crippen LogP contribution in [0, 0.1) is 6.92 Å². The molecule has 3 heterocycles. The Bertz CT molecular complexity index is 655. The molecule has 0 bridgehead atoms. The molecule has 7 nitrogen and oxygen atoms in total. The number of fused-ring (bicyclic) bond motifs is 1. The molecule has 0 spiro atoms. The smallest absolute Gasteiger partial charge is 0.243 e. The van der Waals surface area contributed by atoms with Gasteiger partial charge < -0.3 is 5.32 Å². The van der Waals surface area contributed by atoms with Crippen molar-refractivity contribution in [3.8, 4) is 0 Å². The molecule has 0 aliphatic carbocycles. The van der Waals surface area contributed by atoms with Crippen LogP contribution in [0.4, 0.5) is 5.95 Å². The first-order valence-corrected chi connectivity index (χ1v) is 5.68. The average molecular weight is 243 g/mol. The number of hydrogen-bond donors (Lipinski definition) is 2. The molecule has 0 aliphatic heterocycles. The van der Waals surface area contributed by atoms with Crippen molar-refractivity contribution in [2.75, 3.05) is 5.32 Å². The normalized spacial score (nSPS) is 12.8. The van der Waals surface area contributed by atoms with Crippen LogP contribution < -0.4 is 5.32 Å². The number of rotatable bonds is 3. The van der Waals surface area contributed by atoms with Gasteiger partial charge in [0.2, 0.25) is 5.95 Å². The van der Waals surface area contributed by atoms with E-state index in [4.69, 9.17) is 0 Å². The van der Waals surface area contributed by atoms with Crippen LogP contribution in [0.3, 0.4) is 0 Å². The second-order valence-electron chi connectivity index (χ2n) is 4.13. The van der Waals surface area contributed by atoms with Crippen LogP contribution in [0.2, 0.25) is 0 Å². The summed E-state index contributed by atoms with van der Waals surface area (Å²) in [5, 5.41) is 14.2.